The van der Waals surface area contributed by atoms with Crippen LogP contribution in [0.15, 0.2) is 48.5 Å². The number of unbranched alkanes of at least 4 members (excludes halogenated alkanes) is 2. The Labute approximate surface area is 202 Å². The van der Waals surface area contributed by atoms with Gasteiger partial charge in [-0.2, -0.15) is 0 Å². The van der Waals surface area contributed by atoms with Crippen molar-refractivity contribution >= 4 is 12.2 Å². The van der Waals surface area contributed by atoms with E-state index < -0.39 is 0 Å². The summed E-state index contributed by atoms with van der Waals surface area (Å²) in [5, 5.41) is 0. The van der Waals surface area contributed by atoms with Crippen molar-refractivity contribution in [1.82, 2.24) is 0 Å². The minimum atomic E-state index is 0.343. The van der Waals surface area contributed by atoms with Crippen LogP contribution in [-0.4, -0.2) is 65.1 Å². The fourth-order valence-electron chi connectivity index (χ4n) is 3.29. The first-order valence-electron chi connectivity index (χ1n) is 12.4. The minimum Gasteiger partial charge on any atom is -0.494 e. The lowest BCUT2D eigenvalue weighted by Gasteiger charge is -2.07. The average molecular weight is 469 g/mol. The molecule has 2 aliphatic rings. The Kier molecular flexibility index (Phi) is 10.3. The van der Waals surface area contributed by atoms with Crippen LogP contribution in [0.1, 0.15) is 36.8 Å². The first kappa shape index (κ1) is 24.7. The third-order valence-corrected chi connectivity index (χ3v) is 5.54. The van der Waals surface area contributed by atoms with Gasteiger partial charge in [-0.25, -0.2) is 0 Å². The Bertz CT molecular complexity index is 769. The summed E-state index contributed by atoms with van der Waals surface area (Å²) >= 11 is 0. The molecule has 0 amide bonds. The third kappa shape index (κ3) is 10.3. The third-order valence-electron chi connectivity index (χ3n) is 5.54. The van der Waals surface area contributed by atoms with Gasteiger partial charge in [-0.15, -0.1) is 0 Å². The largest absolute Gasteiger partial charge is 0.494 e. The van der Waals surface area contributed by atoms with Gasteiger partial charge in [0.25, 0.3) is 0 Å². The molecule has 2 fully saturated rings. The molecule has 0 aromatic heterocycles. The zero-order valence-electron chi connectivity index (χ0n) is 19.9. The molecule has 0 saturated carbocycles. The van der Waals surface area contributed by atoms with Crippen LogP contribution >= 0.6 is 0 Å². The van der Waals surface area contributed by atoms with Crippen LogP contribution in [0.5, 0.6) is 11.5 Å². The molecular weight excluding hydrogens is 432 g/mol. The SMILES string of the molecule is C(=Cc1ccc(OCCCCOCC2CO2)cc1)c1ccc(OCCCCOCC2CO2)cc1. The predicted molar refractivity (Wildman–Crippen MR) is 132 cm³/mol. The second-order valence-electron chi connectivity index (χ2n) is 8.64. The van der Waals surface area contributed by atoms with E-state index in [0.29, 0.717) is 25.4 Å². The quantitative estimate of drug-likeness (QED) is 0.174. The van der Waals surface area contributed by atoms with Gasteiger partial charge in [0.15, 0.2) is 0 Å². The Hall–Kier alpha value is -2.38. The van der Waals surface area contributed by atoms with Gasteiger partial charge < -0.3 is 28.4 Å². The van der Waals surface area contributed by atoms with Crippen LogP contribution in [0.4, 0.5) is 0 Å². The van der Waals surface area contributed by atoms with E-state index in [1.807, 2.05) is 24.3 Å². The van der Waals surface area contributed by atoms with Gasteiger partial charge in [-0.1, -0.05) is 36.4 Å². The number of epoxide rings is 2. The Morgan fingerprint density at radius 3 is 1.35 bits per heavy atom. The molecule has 0 aliphatic carbocycles. The Balaban J connectivity index is 1.06. The maximum Gasteiger partial charge on any atom is 0.119 e. The van der Waals surface area contributed by atoms with Crippen LogP contribution in [0.25, 0.3) is 12.2 Å². The summed E-state index contributed by atoms with van der Waals surface area (Å²) in [6.07, 6.45) is 8.87. The molecule has 2 unspecified atom stereocenters. The van der Waals surface area contributed by atoms with Crippen molar-refractivity contribution in [2.45, 2.75) is 37.9 Å². The molecule has 0 radical (unpaired) electrons. The summed E-state index contributed by atoms with van der Waals surface area (Å²) in [5.41, 5.74) is 2.28. The highest BCUT2D eigenvalue weighted by atomic mass is 16.6. The van der Waals surface area contributed by atoms with E-state index in [4.69, 9.17) is 28.4 Å². The molecule has 0 bridgehead atoms. The van der Waals surface area contributed by atoms with Crippen LogP contribution in [0, 0.1) is 0 Å². The summed E-state index contributed by atoms with van der Waals surface area (Å²) in [4.78, 5) is 0. The topological polar surface area (TPSA) is 62.0 Å². The highest BCUT2D eigenvalue weighted by molar-refractivity contribution is 5.70. The lowest BCUT2D eigenvalue weighted by Crippen LogP contribution is -2.04. The fraction of sp³-hybridized carbons (Fsp3) is 0.500. The molecule has 4 rings (SSSR count). The van der Waals surface area contributed by atoms with Crippen LogP contribution in [0.3, 0.4) is 0 Å². The monoisotopic (exact) mass is 468 g/mol. The van der Waals surface area contributed by atoms with Crippen molar-refractivity contribution in [1.29, 1.82) is 0 Å². The van der Waals surface area contributed by atoms with Gasteiger partial charge in [0.05, 0.1) is 39.6 Å². The molecule has 34 heavy (non-hydrogen) atoms. The average Bonchev–Trinajstić information content (AvgIpc) is 3.79. The maximum absolute atomic E-state index is 5.82. The second-order valence-corrected chi connectivity index (χ2v) is 8.64. The van der Waals surface area contributed by atoms with Crippen LogP contribution in [0.2, 0.25) is 0 Å². The van der Waals surface area contributed by atoms with Crippen LogP contribution in [-0.2, 0) is 18.9 Å². The fourth-order valence-corrected chi connectivity index (χ4v) is 3.29. The molecule has 2 saturated heterocycles. The number of hydrogen-bond acceptors (Lipinski definition) is 6. The smallest absolute Gasteiger partial charge is 0.119 e. The van der Waals surface area contributed by atoms with Crippen molar-refractivity contribution in [3.63, 3.8) is 0 Å². The number of rotatable bonds is 18. The predicted octanol–water partition coefficient (Wildman–Crippen LogP) is 5.01. The van der Waals surface area contributed by atoms with E-state index >= 15 is 0 Å². The normalized spacial score (nSPS) is 18.8. The molecule has 2 aliphatic heterocycles. The van der Waals surface area contributed by atoms with Gasteiger partial charge in [0.1, 0.15) is 23.7 Å². The second kappa shape index (κ2) is 14.1. The first-order valence-corrected chi connectivity index (χ1v) is 12.4. The maximum atomic E-state index is 5.82. The molecule has 2 heterocycles. The minimum absolute atomic E-state index is 0.343. The summed E-state index contributed by atoms with van der Waals surface area (Å²) in [7, 11) is 0. The summed E-state index contributed by atoms with van der Waals surface area (Å²) in [5.74, 6) is 1.80. The molecule has 184 valence electrons. The first-order chi connectivity index (χ1) is 16.8. The van der Waals surface area contributed by atoms with Gasteiger partial charge in [0.2, 0.25) is 0 Å². The number of hydrogen-bond donors (Lipinski definition) is 0. The van der Waals surface area contributed by atoms with Crippen molar-refractivity contribution < 1.29 is 28.4 Å². The molecule has 2 atom stereocenters. The Morgan fingerprint density at radius 1 is 0.588 bits per heavy atom. The van der Waals surface area contributed by atoms with Gasteiger partial charge in [-0.3, -0.25) is 0 Å². The molecule has 2 aromatic carbocycles. The summed E-state index contributed by atoms with van der Waals surface area (Å²) < 4.78 is 32.9. The van der Waals surface area contributed by atoms with E-state index in [2.05, 4.69) is 36.4 Å². The lowest BCUT2D eigenvalue weighted by atomic mass is 10.1. The summed E-state index contributed by atoms with van der Waals surface area (Å²) in [6, 6.07) is 16.4. The van der Waals surface area contributed by atoms with Crippen LogP contribution < -0.4 is 9.47 Å². The highest BCUT2D eigenvalue weighted by Gasteiger charge is 2.22. The van der Waals surface area contributed by atoms with E-state index in [0.717, 1.165) is 88.0 Å². The standard InChI is InChI=1S/C28H36O6/c1(15-29-19-27-21-33-27)3-17-31-25-11-7-23(8-12-25)5-6-24-9-13-26(14-10-24)32-18-4-2-16-30-20-28-22-34-28/h5-14,27-28H,1-4,15-22H2. The lowest BCUT2D eigenvalue weighted by molar-refractivity contribution is 0.110. The van der Waals surface area contributed by atoms with E-state index in [1.165, 1.54) is 0 Å². The van der Waals surface area contributed by atoms with Crippen molar-refractivity contribution in [2.75, 3.05) is 52.9 Å². The zero-order chi connectivity index (χ0) is 23.3. The van der Waals surface area contributed by atoms with Gasteiger partial charge >= 0.3 is 0 Å². The molecule has 6 nitrogen and oxygen atoms in total. The van der Waals surface area contributed by atoms with Crippen molar-refractivity contribution in [2.24, 2.45) is 0 Å². The molecule has 2 aromatic rings. The number of ether oxygens (including phenoxy) is 6. The van der Waals surface area contributed by atoms with Crippen molar-refractivity contribution in [3.05, 3.63) is 59.7 Å². The molecular formula is C28H36O6. The zero-order valence-corrected chi connectivity index (χ0v) is 19.9. The molecule has 0 N–H and O–H groups in total. The van der Waals surface area contributed by atoms with Crippen molar-refractivity contribution in [3.8, 4) is 11.5 Å². The molecule has 0 spiro atoms. The van der Waals surface area contributed by atoms with E-state index in [1.54, 1.807) is 0 Å². The van der Waals surface area contributed by atoms with Gasteiger partial charge in [-0.05, 0) is 61.1 Å². The molecule has 6 heteroatoms. The van der Waals surface area contributed by atoms with E-state index in [9.17, 15) is 0 Å². The summed E-state index contributed by atoms with van der Waals surface area (Å²) in [6.45, 7) is 6.10. The number of benzene rings is 2. The highest BCUT2D eigenvalue weighted by Crippen LogP contribution is 2.17. The van der Waals surface area contributed by atoms with E-state index in [-0.39, 0.29) is 0 Å². The Morgan fingerprint density at radius 2 is 0.971 bits per heavy atom. The van der Waals surface area contributed by atoms with Gasteiger partial charge in [0, 0.05) is 13.2 Å².